The third-order valence-electron chi connectivity index (χ3n) is 2.75. The lowest BCUT2D eigenvalue weighted by Crippen LogP contribution is -2.07. The summed E-state index contributed by atoms with van der Waals surface area (Å²) >= 11 is 5.26. The molecule has 0 unspecified atom stereocenters. The van der Waals surface area contributed by atoms with E-state index in [1.807, 2.05) is 29.4 Å². The van der Waals surface area contributed by atoms with Crippen molar-refractivity contribution in [1.29, 1.82) is 0 Å². The van der Waals surface area contributed by atoms with Gasteiger partial charge in [0.1, 0.15) is 5.82 Å². The zero-order chi connectivity index (χ0) is 12.6. The molecule has 0 aliphatic heterocycles. The normalized spacial score (nSPS) is 11.4. The predicted molar refractivity (Wildman–Crippen MR) is 68.5 cm³/mol. The summed E-state index contributed by atoms with van der Waals surface area (Å²) in [5, 5.41) is 11.5. The molecule has 0 aliphatic rings. The average molecular weight is 251 g/mol. The van der Waals surface area contributed by atoms with Gasteiger partial charge in [-0.3, -0.25) is 14.3 Å². The molecule has 2 rings (SSSR count). The van der Waals surface area contributed by atoms with Crippen LogP contribution in [0.3, 0.4) is 0 Å². The molecule has 0 bridgehead atoms. The van der Waals surface area contributed by atoms with Gasteiger partial charge in [0.25, 0.3) is 0 Å². The van der Waals surface area contributed by atoms with Crippen LogP contribution < -0.4 is 0 Å². The Bertz CT molecular complexity index is 575. The van der Waals surface area contributed by atoms with E-state index in [1.54, 1.807) is 0 Å². The Morgan fingerprint density at radius 1 is 1.47 bits per heavy atom. The SMILES string of the molecule is Cc1nn(C)cc1Cn1c(C(C)C)n[nH]c1=S. The second kappa shape index (κ2) is 4.44. The first-order valence-electron chi connectivity index (χ1n) is 5.63. The van der Waals surface area contributed by atoms with E-state index in [2.05, 4.69) is 29.1 Å². The topological polar surface area (TPSA) is 51.4 Å². The Labute approximate surface area is 105 Å². The van der Waals surface area contributed by atoms with Crippen molar-refractivity contribution in [1.82, 2.24) is 24.5 Å². The van der Waals surface area contributed by atoms with Crippen molar-refractivity contribution in [3.05, 3.63) is 28.0 Å². The van der Waals surface area contributed by atoms with Crippen molar-refractivity contribution in [3.63, 3.8) is 0 Å². The van der Waals surface area contributed by atoms with E-state index in [-0.39, 0.29) is 0 Å². The van der Waals surface area contributed by atoms with Gasteiger partial charge in [0.15, 0.2) is 4.77 Å². The lowest BCUT2D eigenvalue weighted by atomic mass is 10.2. The van der Waals surface area contributed by atoms with Crippen LogP contribution in [0.15, 0.2) is 6.20 Å². The minimum atomic E-state index is 0.347. The monoisotopic (exact) mass is 251 g/mol. The van der Waals surface area contributed by atoms with Crippen LogP contribution in [0.25, 0.3) is 0 Å². The molecule has 0 amide bonds. The maximum absolute atomic E-state index is 5.26. The number of hydrogen-bond donors (Lipinski definition) is 1. The fourth-order valence-corrected chi connectivity index (χ4v) is 2.10. The number of nitrogens with one attached hydrogen (secondary N) is 1. The molecule has 5 nitrogen and oxygen atoms in total. The lowest BCUT2D eigenvalue weighted by Gasteiger charge is -2.08. The largest absolute Gasteiger partial charge is 0.299 e. The molecule has 0 radical (unpaired) electrons. The summed E-state index contributed by atoms with van der Waals surface area (Å²) in [6, 6.07) is 0. The molecule has 0 fully saturated rings. The number of rotatable bonds is 3. The molecule has 1 N–H and O–H groups in total. The highest BCUT2D eigenvalue weighted by Gasteiger charge is 2.12. The van der Waals surface area contributed by atoms with Gasteiger partial charge < -0.3 is 0 Å². The molecule has 2 aromatic heterocycles. The fraction of sp³-hybridized carbons (Fsp3) is 0.545. The van der Waals surface area contributed by atoms with E-state index in [0.29, 0.717) is 10.7 Å². The van der Waals surface area contributed by atoms with Gasteiger partial charge in [0, 0.05) is 24.7 Å². The van der Waals surface area contributed by atoms with Crippen molar-refractivity contribution < 1.29 is 0 Å². The summed E-state index contributed by atoms with van der Waals surface area (Å²) in [6.07, 6.45) is 2.02. The van der Waals surface area contributed by atoms with E-state index in [4.69, 9.17) is 12.2 Å². The molecule has 17 heavy (non-hydrogen) atoms. The highest BCUT2D eigenvalue weighted by atomic mass is 32.1. The van der Waals surface area contributed by atoms with E-state index >= 15 is 0 Å². The standard InChI is InChI=1S/C11H17N5S/c1-7(2)10-12-13-11(17)16(10)6-9-5-15(4)14-8(9)3/h5,7H,6H2,1-4H3,(H,13,17). The summed E-state index contributed by atoms with van der Waals surface area (Å²) in [6.45, 7) is 6.95. The van der Waals surface area contributed by atoms with Crippen LogP contribution in [0.4, 0.5) is 0 Å². The molecular weight excluding hydrogens is 234 g/mol. The second-order valence-corrected chi connectivity index (χ2v) is 4.93. The van der Waals surface area contributed by atoms with Crippen molar-refractivity contribution in [2.75, 3.05) is 0 Å². The fourth-order valence-electron chi connectivity index (χ4n) is 1.90. The average Bonchev–Trinajstić information content (AvgIpc) is 2.73. The minimum absolute atomic E-state index is 0.347. The van der Waals surface area contributed by atoms with Gasteiger partial charge in [-0.1, -0.05) is 13.8 Å². The van der Waals surface area contributed by atoms with E-state index in [0.717, 1.165) is 18.1 Å². The molecule has 2 heterocycles. The van der Waals surface area contributed by atoms with Gasteiger partial charge >= 0.3 is 0 Å². The molecule has 2 aromatic rings. The quantitative estimate of drug-likeness (QED) is 0.850. The maximum atomic E-state index is 5.26. The summed E-state index contributed by atoms with van der Waals surface area (Å²) in [7, 11) is 1.93. The Morgan fingerprint density at radius 2 is 2.18 bits per heavy atom. The van der Waals surface area contributed by atoms with Crippen LogP contribution >= 0.6 is 12.2 Å². The molecule has 0 saturated carbocycles. The molecule has 0 saturated heterocycles. The van der Waals surface area contributed by atoms with Crippen LogP contribution in [0, 0.1) is 11.7 Å². The molecule has 0 aliphatic carbocycles. The van der Waals surface area contributed by atoms with Crippen LogP contribution in [-0.2, 0) is 13.6 Å². The molecule has 0 aromatic carbocycles. The number of aromatic amines is 1. The van der Waals surface area contributed by atoms with Crippen molar-refractivity contribution in [2.24, 2.45) is 7.05 Å². The molecule has 6 heteroatoms. The maximum Gasteiger partial charge on any atom is 0.195 e. The zero-order valence-corrected chi connectivity index (χ0v) is 11.4. The van der Waals surface area contributed by atoms with Crippen LogP contribution in [0.5, 0.6) is 0 Å². The first-order chi connectivity index (χ1) is 7.99. The van der Waals surface area contributed by atoms with Crippen LogP contribution in [0.2, 0.25) is 0 Å². The number of hydrogen-bond acceptors (Lipinski definition) is 3. The first kappa shape index (κ1) is 12.0. The van der Waals surface area contributed by atoms with Gasteiger partial charge in [0.2, 0.25) is 0 Å². The third-order valence-corrected chi connectivity index (χ3v) is 3.06. The highest BCUT2D eigenvalue weighted by Crippen LogP contribution is 2.15. The van der Waals surface area contributed by atoms with Crippen molar-refractivity contribution in [2.45, 2.75) is 33.2 Å². The summed E-state index contributed by atoms with van der Waals surface area (Å²) in [5.41, 5.74) is 2.21. The number of H-pyrrole nitrogens is 1. The minimum Gasteiger partial charge on any atom is -0.299 e. The van der Waals surface area contributed by atoms with Crippen LogP contribution in [0.1, 0.15) is 36.8 Å². The van der Waals surface area contributed by atoms with Crippen LogP contribution in [-0.4, -0.2) is 24.5 Å². The second-order valence-electron chi connectivity index (χ2n) is 4.54. The molecular formula is C11H17N5S. The lowest BCUT2D eigenvalue weighted by molar-refractivity contribution is 0.662. The van der Waals surface area contributed by atoms with Gasteiger partial charge in [-0.25, -0.2) is 0 Å². The Morgan fingerprint density at radius 3 is 2.71 bits per heavy atom. The van der Waals surface area contributed by atoms with Gasteiger partial charge in [-0.05, 0) is 19.1 Å². The first-order valence-corrected chi connectivity index (χ1v) is 6.04. The summed E-state index contributed by atoms with van der Waals surface area (Å²) in [5.74, 6) is 1.33. The van der Waals surface area contributed by atoms with E-state index in [1.165, 1.54) is 5.56 Å². The molecule has 0 atom stereocenters. The molecule has 0 spiro atoms. The van der Waals surface area contributed by atoms with Gasteiger partial charge in [-0.15, -0.1) is 0 Å². The van der Waals surface area contributed by atoms with Gasteiger partial charge in [-0.2, -0.15) is 10.2 Å². The van der Waals surface area contributed by atoms with E-state index in [9.17, 15) is 0 Å². The Balaban J connectivity index is 2.39. The zero-order valence-electron chi connectivity index (χ0n) is 10.6. The van der Waals surface area contributed by atoms with Crippen molar-refractivity contribution in [3.8, 4) is 0 Å². The number of nitrogens with zero attached hydrogens (tertiary/aromatic N) is 4. The predicted octanol–water partition coefficient (Wildman–Crippen LogP) is 2.15. The number of aromatic nitrogens is 5. The molecule has 92 valence electrons. The summed E-state index contributed by atoms with van der Waals surface area (Å²) in [4.78, 5) is 0. The highest BCUT2D eigenvalue weighted by molar-refractivity contribution is 7.71. The van der Waals surface area contributed by atoms with E-state index < -0.39 is 0 Å². The smallest absolute Gasteiger partial charge is 0.195 e. The number of aryl methyl sites for hydroxylation is 2. The van der Waals surface area contributed by atoms with Crippen molar-refractivity contribution >= 4 is 12.2 Å². The third kappa shape index (κ3) is 2.31. The Kier molecular flexibility index (Phi) is 3.15. The van der Waals surface area contributed by atoms with Gasteiger partial charge in [0.05, 0.1) is 12.2 Å². The Hall–Kier alpha value is -1.43. The summed E-state index contributed by atoms with van der Waals surface area (Å²) < 4.78 is 4.52.